The number of pyridine rings is 1. The van der Waals surface area contributed by atoms with E-state index in [9.17, 15) is 4.79 Å². The third-order valence-corrected chi connectivity index (χ3v) is 2.84. The number of hydrogen-bond acceptors (Lipinski definition) is 5. The number of anilines is 1. The molecule has 0 unspecified atom stereocenters. The zero-order chi connectivity index (χ0) is 14.0. The second kappa shape index (κ2) is 5.26. The molecular formula is C13H18N4O2. The van der Waals surface area contributed by atoms with Crippen LogP contribution in [0.2, 0.25) is 0 Å². The van der Waals surface area contributed by atoms with Crippen molar-refractivity contribution >= 4 is 5.82 Å². The lowest BCUT2D eigenvalue weighted by atomic mass is 10.2. The van der Waals surface area contributed by atoms with Gasteiger partial charge < -0.3 is 4.90 Å². The van der Waals surface area contributed by atoms with Crippen LogP contribution in [0.4, 0.5) is 5.82 Å². The molecule has 19 heavy (non-hydrogen) atoms. The van der Waals surface area contributed by atoms with Crippen molar-refractivity contribution in [2.24, 2.45) is 0 Å². The van der Waals surface area contributed by atoms with Crippen molar-refractivity contribution in [1.29, 1.82) is 0 Å². The van der Waals surface area contributed by atoms with Gasteiger partial charge in [-0.15, -0.1) is 0 Å². The van der Waals surface area contributed by atoms with Crippen LogP contribution in [0.1, 0.15) is 31.2 Å². The third-order valence-electron chi connectivity index (χ3n) is 2.84. The van der Waals surface area contributed by atoms with E-state index in [4.69, 9.17) is 4.52 Å². The molecule has 0 spiro atoms. The van der Waals surface area contributed by atoms with Gasteiger partial charge in [0.25, 0.3) is 0 Å². The molecule has 0 amide bonds. The Kier molecular flexibility index (Phi) is 3.69. The topological polar surface area (TPSA) is 64.2 Å². The average Bonchev–Trinajstić information content (AvgIpc) is 2.71. The Morgan fingerprint density at radius 2 is 2.16 bits per heavy atom. The summed E-state index contributed by atoms with van der Waals surface area (Å²) in [6.45, 7) is 4.40. The molecular weight excluding hydrogens is 244 g/mol. The van der Waals surface area contributed by atoms with Crippen molar-refractivity contribution < 1.29 is 4.52 Å². The van der Waals surface area contributed by atoms with Crippen molar-refractivity contribution in [2.45, 2.75) is 26.3 Å². The minimum Gasteiger partial charge on any atom is -0.363 e. The van der Waals surface area contributed by atoms with E-state index in [2.05, 4.69) is 10.1 Å². The molecule has 0 saturated heterocycles. The fraction of sp³-hybridized carbons (Fsp3) is 0.462. The van der Waals surface area contributed by atoms with Gasteiger partial charge in [-0.2, -0.15) is 0 Å². The van der Waals surface area contributed by atoms with Crippen molar-refractivity contribution in [2.75, 3.05) is 19.0 Å². The summed E-state index contributed by atoms with van der Waals surface area (Å²) in [4.78, 5) is 17.8. The van der Waals surface area contributed by atoms with Crippen molar-refractivity contribution in [1.82, 2.24) is 14.7 Å². The molecule has 102 valence electrons. The second-order valence-electron chi connectivity index (χ2n) is 4.96. The molecule has 0 atom stereocenters. The summed E-state index contributed by atoms with van der Waals surface area (Å²) in [7, 11) is 3.86. The Bertz CT molecular complexity index is 613. The number of rotatable bonds is 4. The lowest BCUT2D eigenvalue weighted by Crippen LogP contribution is -2.19. The van der Waals surface area contributed by atoms with Gasteiger partial charge in [0.2, 0.25) is 0 Å². The Morgan fingerprint density at radius 1 is 1.42 bits per heavy atom. The van der Waals surface area contributed by atoms with Gasteiger partial charge in [-0.05, 0) is 17.7 Å². The molecule has 2 aromatic heterocycles. The number of aromatic nitrogens is 3. The van der Waals surface area contributed by atoms with Gasteiger partial charge in [0.1, 0.15) is 5.82 Å². The summed E-state index contributed by atoms with van der Waals surface area (Å²) in [5, 5.41) is 3.82. The molecule has 0 aliphatic rings. The highest BCUT2D eigenvalue weighted by Gasteiger charge is 2.14. The van der Waals surface area contributed by atoms with Gasteiger partial charge in [0.05, 0.1) is 6.54 Å². The molecule has 0 radical (unpaired) electrons. The van der Waals surface area contributed by atoms with Crippen LogP contribution in [0.5, 0.6) is 0 Å². The van der Waals surface area contributed by atoms with E-state index in [1.807, 2.05) is 45.0 Å². The average molecular weight is 262 g/mol. The van der Waals surface area contributed by atoms with Gasteiger partial charge in [-0.3, -0.25) is 9.09 Å². The van der Waals surface area contributed by atoms with Crippen molar-refractivity contribution in [3.05, 3.63) is 40.3 Å². The first-order chi connectivity index (χ1) is 8.99. The lowest BCUT2D eigenvalue weighted by molar-refractivity contribution is 0.373. The maximum atomic E-state index is 11.7. The molecule has 6 heteroatoms. The SMILES string of the molecule is CC(C)c1noc(=O)n1Cc1ccnc(N(C)C)c1. The maximum absolute atomic E-state index is 11.7. The number of hydrogen-bond donors (Lipinski definition) is 0. The Labute approximate surface area is 111 Å². The quantitative estimate of drug-likeness (QED) is 0.834. The predicted octanol–water partition coefficient (Wildman–Crippen LogP) is 1.47. The van der Waals surface area contributed by atoms with E-state index in [1.165, 1.54) is 0 Å². The molecule has 0 fully saturated rings. The summed E-state index contributed by atoms with van der Waals surface area (Å²) in [6.07, 6.45) is 1.73. The summed E-state index contributed by atoms with van der Waals surface area (Å²) in [6, 6.07) is 3.83. The zero-order valence-electron chi connectivity index (χ0n) is 11.6. The van der Waals surface area contributed by atoms with Gasteiger partial charge in [0, 0.05) is 26.2 Å². The minimum absolute atomic E-state index is 0.140. The first kappa shape index (κ1) is 13.3. The van der Waals surface area contributed by atoms with Crippen LogP contribution < -0.4 is 10.7 Å². The summed E-state index contributed by atoms with van der Waals surface area (Å²) < 4.78 is 6.29. The lowest BCUT2D eigenvalue weighted by Gasteiger charge is -2.12. The summed E-state index contributed by atoms with van der Waals surface area (Å²) in [5.74, 6) is 1.23. The van der Waals surface area contributed by atoms with Gasteiger partial charge in [-0.1, -0.05) is 19.0 Å². The van der Waals surface area contributed by atoms with Crippen LogP contribution in [0.25, 0.3) is 0 Å². The van der Waals surface area contributed by atoms with Crippen molar-refractivity contribution in [3.8, 4) is 0 Å². The largest absolute Gasteiger partial charge is 0.441 e. The van der Waals surface area contributed by atoms with E-state index in [-0.39, 0.29) is 5.92 Å². The van der Waals surface area contributed by atoms with Gasteiger partial charge in [0.15, 0.2) is 5.82 Å². The Balaban J connectivity index is 2.34. The summed E-state index contributed by atoms with van der Waals surface area (Å²) in [5.41, 5.74) is 0.992. The van der Waals surface area contributed by atoms with Crippen LogP contribution in [-0.2, 0) is 6.54 Å². The van der Waals surface area contributed by atoms with Crippen LogP contribution in [0.3, 0.4) is 0 Å². The van der Waals surface area contributed by atoms with Crippen LogP contribution in [0.15, 0.2) is 27.6 Å². The molecule has 0 aromatic carbocycles. The van der Waals surface area contributed by atoms with Crippen LogP contribution in [-0.4, -0.2) is 28.8 Å². The molecule has 0 N–H and O–H groups in total. The van der Waals surface area contributed by atoms with E-state index < -0.39 is 5.76 Å². The molecule has 0 aliphatic carbocycles. The van der Waals surface area contributed by atoms with E-state index in [0.717, 1.165) is 11.4 Å². The highest BCUT2D eigenvalue weighted by molar-refractivity contribution is 5.39. The third kappa shape index (κ3) is 2.83. The zero-order valence-corrected chi connectivity index (χ0v) is 11.6. The normalized spacial score (nSPS) is 11.0. The van der Waals surface area contributed by atoms with Crippen molar-refractivity contribution in [3.63, 3.8) is 0 Å². The summed E-state index contributed by atoms with van der Waals surface area (Å²) >= 11 is 0. The van der Waals surface area contributed by atoms with E-state index >= 15 is 0 Å². The predicted molar refractivity (Wildman–Crippen MR) is 72.5 cm³/mol. The van der Waals surface area contributed by atoms with Gasteiger partial charge in [-0.25, -0.2) is 9.78 Å². The standard InChI is InChI=1S/C13H18N4O2/c1-9(2)12-15-19-13(18)17(12)8-10-5-6-14-11(7-10)16(3)4/h5-7,9H,8H2,1-4H3. The van der Waals surface area contributed by atoms with Crippen LogP contribution >= 0.6 is 0 Å². The molecule has 2 aromatic rings. The van der Waals surface area contributed by atoms with E-state index in [0.29, 0.717) is 12.4 Å². The fourth-order valence-electron chi connectivity index (χ4n) is 1.83. The first-order valence-electron chi connectivity index (χ1n) is 6.17. The monoisotopic (exact) mass is 262 g/mol. The maximum Gasteiger partial charge on any atom is 0.441 e. The molecule has 6 nitrogen and oxygen atoms in total. The molecule has 2 rings (SSSR count). The smallest absolute Gasteiger partial charge is 0.363 e. The molecule has 2 heterocycles. The first-order valence-corrected chi connectivity index (χ1v) is 6.17. The Hall–Kier alpha value is -2.11. The highest BCUT2D eigenvalue weighted by Crippen LogP contribution is 2.14. The number of nitrogens with zero attached hydrogens (tertiary/aromatic N) is 4. The minimum atomic E-state index is -0.424. The van der Waals surface area contributed by atoms with Gasteiger partial charge >= 0.3 is 5.76 Å². The molecule has 0 saturated carbocycles. The molecule has 0 bridgehead atoms. The second-order valence-corrected chi connectivity index (χ2v) is 4.96. The van der Waals surface area contributed by atoms with E-state index in [1.54, 1.807) is 10.8 Å². The van der Waals surface area contributed by atoms with Crippen LogP contribution in [0, 0.1) is 0 Å². The fourth-order valence-corrected chi connectivity index (χ4v) is 1.83. The molecule has 0 aliphatic heterocycles. The Morgan fingerprint density at radius 3 is 2.79 bits per heavy atom. The highest BCUT2D eigenvalue weighted by atomic mass is 16.5.